The Hall–Kier alpha value is -0.860. The summed E-state index contributed by atoms with van der Waals surface area (Å²) >= 11 is 0. The first-order valence-corrected chi connectivity index (χ1v) is 6.14. The van der Waals surface area contributed by atoms with Gasteiger partial charge in [-0.15, -0.1) is 0 Å². The van der Waals surface area contributed by atoms with Crippen molar-refractivity contribution in [2.24, 2.45) is 0 Å². The van der Waals surface area contributed by atoms with Crippen LogP contribution in [0.4, 0.5) is 0 Å². The van der Waals surface area contributed by atoms with Gasteiger partial charge in [-0.1, -0.05) is 44.2 Å². The Morgan fingerprint density at radius 2 is 1.88 bits per heavy atom. The fourth-order valence-electron chi connectivity index (χ4n) is 1.48. The van der Waals surface area contributed by atoms with E-state index < -0.39 is 0 Å². The van der Waals surface area contributed by atoms with E-state index in [0.29, 0.717) is 6.04 Å². The van der Waals surface area contributed by atoms with Gasteiger partial charge in [0.15, 0.2) is 0 Å². The van der Waals surface area contributed by atoms with Crippen molar-refractivity contribution in [2.75, 3.05) is 13.2 Å². The topological polar surface area (TPSA) is 21.3 Å². The van der Waals surface area contributed by atoms with Gasteiger partial charge in [-0.25, -0.2) is 0 Å². The monoisotopic (exact) mass is 221 g/mol. The molecule has 0 heterocycles. The standard InChI is InChI=1S/C14H23NO/c1-13(2)15-10-6-7-11-16-12-14-8-4-3-5-9-14/h3-5,8-9,13,15H,6-7,10-12H2,1-2H3. The molecule has 1 aromatic rings. The normalized spacial score (nSPS) is 10.9. The average molecular weight is 221 g/mol. The molecule has 90 valence electrons. The summed E-state index contributed by atoms with van der Waals surface area (Å²) in [4.78, 5) is 0. The zero-order chi connectivity index (χ0) is 11.6. The lowest BCUT2D eigenvalue weighted by atomic mass is 10.2. The molecule has 0 spiro atoms. The highest BCUT2D eigenvalue weighted by molar-refractivity contribution is 5.13. The Morgan fingerprint density at radius 3 is 2.56 bits per heavy atom. The summed E-state index contributed by atoms with van der Waals surface area (Å²) in [7, 11) is 0. The van der Waals surface area contributed by atoms with Crippen LogP contribution in [0.5, 0.6) is 0 Å². The predicted molar refractivity (Wildman–Crippen MR) is 68.5 cm³/mol. The largest absolute Gasteiger partial charge is 0.377 e. The molecular formula is C14H23NO. The Bertz CT molecular complexity index is 259. The number of benzene rings is 1. The van der Waals surface area contributed by atoms with Gasteiger partial charge in [-0.05, 0) is 24.9 Å². The van der Waals surface area contributed by atoms with Crippen LogP contribution in [0.2, 0.25) is 0 Å². The fraction of sp³-hybridized carbons (Fsp3) is 0.571. The van der Waals surface area contributed by atoms with Gasteiger partial charge in [0.1, 0.15) is 0 Å². The van der Waals surface area contributed by atoms with Crippen molar-refractivity contribution in [3.05, 3.63) is 35.9 Å². The number of nitrogens with one attached hydrogen (secondary N) is 1. The van der Waals surface area contributed by atoms with Crippen molar-refractivity contribution in [2.45, 2.75) is 39.3 Å². The summed E-state index contributed by atoms with van der Waals surface area (Å²) in [5, 5.41) is 3.40. The van der Waals surface area contributed by atoms with Crippen LogP contribution < -0.4 is 5.32 Å². The Morgan fingerprint density at radius 1 is 1.12 bits per heavy atom. The minimum absolute atomic E-state index is 0.588. The first-order valence-electron chi connectivity index (χ1n) is 6.14. The average Bonchev–Trinajstić information content (AvgIpc) is 2.29. The minimum atomic E-state index is 0.588. The van der Waals surface area contributed by atoms with E-state index in [2.05, 4.69) is 31.3 Å². The molecule has 0 aromatic heterocycles. The van der Waals surface area contributed by atoms with Gasteiger partial charge in [-0.3, -0.25) is 0 Å². The van der Waals surface area contributed by atoms with E-state index >= 15 is 0 Å². The SMILES string of the molecule is CC(C)NCCCCOCc1ccccc1. The van der Waals surface area contributed by atoms with Crippen molar-refractivity contribution in [3.8, 4) is 0 Å². The smallest absolute Gasteiger partial charge is 0.0716 e. The molecule has 1 N–H and O–H groups in total. The van der Waals surface area contributed by atoms with E-state index in [1.165, 1.54) is 12.0 Å². The fourth-order valence-corrected chi connectivity index (χ4v) is 1.48. The van der Waals surface area contributed by atoms with Crippen LogP contribution in [0.15, 0.2) is 30.3 Å². The van der Waals surface area contributed by atoms with E-state index in [0.717, 1.165) is 26.2 Å². The maximum atomic E-state index is 5.60. The van der Waals surface area contributed by atoms with Gasteiger partial charge in [0.2, 0.25) is 0 Å². The molecule has 0 unspecified atom stereocenters. The van der Waals surface area contributed by atoms with Crippen LogP contribution in [0.25, 0.3) is 0 Å². The lowest BCUT2D eigenvalue weighted by Gasteiger charge is -2.08. The molecule has 0 saturated carbocycles. The predicted octanol–water partition coefficient (Wildman–Crippen LogP) is 2.98. The van der Waals surface area contributed by atoms with E-state index in [9.17, 15) is 0 Å². The molecule has 0 radical (unpaired) electrons. The maximum absolute atomic E-state index is 5.60. The first kappa shape index (κ1) is 13.2. The second kappa shape index (κ2) is 8.31. The van der Waals surface area contributed by atoms with Crippen molar-refractivity contribution in [1.29, 1.82) is 0 Å². The molecule has 0 aliphatic heterocycles. The zero-order valence-corrected chi connectivity index (χ0v) is 10.4. The van der Waals surface area contributed by atoms with E-state index in [-0.39, 0.29) is 0 Å². The third-order valence-corrected chi connectivity index (χ3v) is 2.38. The van der Waals surface area contributed by atoms with Gasteiger partial charge in [0.05, 0.1) is 6.61 Å². The summed E-state index contributed by atoms with van der Waals surface area (Å²) in [6.07, 6.45) is 2.32. The third-order valence-electron chi connectivity index (χ3n) is 2.38. The Kier molecular flexibility index (Phi) is 6.86. The van der Waals surface area contributed by atoms with Gasteiger partial charge >= 0.3 is 0 Å². The highest BCUT2D eigenvalue weighted by atomic mass is 16.5. The molecule has 0 bridgehead atoms. The molecule has 0 saturated heterocycles. The molecular weight excluding hydrogens is 198 g/mol. The van der Waals surface area contributed by atoms with Crippen molar-refractivity contribution in [1.82, 2.24) is 5.32 Å². The molecule has 0 aliphatic carbocycles. The number of rotatable bonds is 8. The molecule has 1 aromatic carbocycles. The molecule has 0 fully saturated rings. The minimum Gasteiger partial charge on any atom is -0.377 e. The summed E-state index contributed by atoms with van der Waals surface area (Å²) in [5.41, 5.74) is 1.25. The molecule has 2 nitrogen and oxygen atoms in total. The number of ether oxygens (including phenoxy) is 1. The zero-order valence-electron chi connectivity index (χ0n) is 10.4. The molecule has 0 amide bonds. The maximum Gasteiger partial charge on any atom is 0.0716 e. The van der Waals surface area contributed by atoms with Gasteiger partial charge in [0, 0.05) is 12.6 Å². The van der Waals surface area contributed by atoms with Crippen LogP contribution >= 0.6 is 0 Å². The lowest BCUT2D eigenvalue weighted by Crippen LogP contribution is -2.23. The van der Waals surface area contributed by atoms with Gasteiger partial charge in [-0.2, -0.15) is 0 Å². The highest BCUT2D eigenvalue weighted by Gasteiger charge is 1.94. The number of unbranched alkanes of at least 4 members (excludes halogenated alkanes) is 1. The van der Waals surface area contributed by atoms with Crippen LogP contribution in [0.1, 0.15) is 32.3 Å². The Labute approximate surface area is 99.0 Å². The summed E-state index contributed by atoms with van der Waals surface area (Å²) < 4.78 is 5.60. The molecule has 1 rings (SSSR count). The molecule has 0 aliphatic rings. The van der Waals surface area contributed by atoms with Gasteiger partial charge in [0.25, 0.3) is 0 Å². The van der Waals surface area contributed by atoms with Crippen molar-refractivity contribution >= 4 is 0 Å². The van der Waals surface area contributed by atoms with Crippen molar-refractivity contribution < 1.29 is 4.74 Å². The van der Waals surface area contributed by atoms with Crippen molar-refractivity contribution in [3.63, 3.8) is 0 Å². The van der Waals surface area contributed by atoms with Crippen LogP contribution in [0.3, 0.4) is 0 Å². The quantitative estimate of drug-likeness (QED) is 0.681. The number of hydrogen-bond acceptors (Lipinski definition) is 2. The summed E-state index contributed by atoms with van der Waals surface area (Å²) in [6.45, 7) is 7.03. The Balaban J connectivity index is 1.93. The first-order chi connectivity index (χ1) is 7.79. The third kappa shape index (κ3) is 6.59. The second-order valence-corrected chi connectivity index (χ2v) is 4.35. The summed E-state index contributed by atoms with van der Waals surface area (Å²) in [5.74, 6) is 0. The van der Waals surface area contributed by atoms with Gasteiger partial charge < -0.3 is 10.1 Å². The van der Waals surface area contributed by atoms with E-state index in [1.807, 2.05) is 18.2 Å². The highest BCUT2D eigenvalue weighted by Crippen LogP contribution is 2.01. The van der Waals surface area contributed by atoms with E-state index in [4.69, 9.17) is 4.74 Å². The van der Waals surface area contributed by atoms with Crippen LogP contribution in [-0.4, -0.2) is 19.2 Å². The molecule has 16 heavy (non-hydrogen) atoms. The number of hydrogen-bond donors (Lipinski definition) is 1. The summed E-state index contributed by atoms with van der Waals surface area (Å²) in [6, 6.07) is 10.9. The lowest BCUT2D eigenvalue weighted by molar-refractivity contribution is 0.117. The second-order valence-electron chi connectivity index (χ2n) is 4.35. The van der Waals surface area contributed by atoms with Crippen LogP contribution in [0, 0.1) is 0 Å². The molecule has 2 heteroatoms. The van der Waals surface area contributed by atoms with Crippen LogP contribution in [-0.2, 0) is 11.3 Å². The molecule has 0 atom stereocenters. The van der Waals surface area contributed by atoms with E-state index in [1.54, 1.807) is 0 Å².